The van der Waals surface area contributed by atoms with E-state index in [0.29, 0.717) is 12.6 Å². The predicted octanol–water partition coefficient (Wildman–Crippen LogP) is 1.42. The van der Waals surface area contributed by atoms with Crippen LogP contribution in [0, 0.1) is 0 Å². The molecule has 1 aromatic carbocycles. The summed E-state index contributed by atoms with van der Waals surface area (Å²) in [5, 5.41) is 0. The van der Waals surface area contributed by atoms with Gasteiger partial charge in [-0.15, -0.1) is 0 Å². The second-order valence-electron chi connectivity index (χ2n) is 8.03. The third kappa shape index (κ3) is 4.17. The van der Waals surface area contributed by atoms with Gasteiger partial charge in [-0.2, -0.15) is 0 Å². The van der Waals surface area contributed by atoms with Crippen LogP contribution in [0.5, 0.6) is 0 Å². The molecule has 0 unspecified atom stereocenters. The Labute approximate surface area is 161 Å². The summed E-state index contributed by atoms with van der Waals surface area (Å²) in [5.41, 5.74) is 1.000. The quantitative estimate of drug-likeness (QED) is 0.787. The number of hydrogen-bond acceptors (Lipinski definition) is 4. The first-order valence-corrected chi connectivity index (χ1v) is 10.2. The maximum atomic E-state index is 13.1. The van der Waals surface area contributed by atoms with Crippen LogP contribution in [0.3, 0.4) is 0 Å². The van der Waals surface area contributed by atoms with E-state index < -0.39 is 0 Å². The van der Waals surface area contributed by atoms with Gasteiger partial charge in [-0.25, -0.2) is 0 Å². The molecule has 0 aromatic heterocycles. The molecule has 0 radical (unpaired) electrons. The van der Waals surface area contributed by atoms with Crippen LogP contribution in [-0.4, -0.2) is 84.9 Å². The molecule has 0 bridgehead atoms. The number of carbonyl (C=O) groups excluding carboxylic acids is 2. The summed E-state index contributed by atoms with van der Waals surface area (Å²) in [6.07, 6.45) is 4.27. The number of piperidine rings is 1. The number of nitrogens with zero attached hydrogens (tertiary/aromatic N) is 4. The van der Waals surface area contributed by atoms with Crippen molar-refractivity contribution in [2.45, 2.75) is 37.8 Å². The minimum atomic E-state index is -0.0223. The van der Waals surface area contributed by atoms with E-state index in [4.69, 9.17) is 0 Å². The monoisotopic (exact) mass is 370 g/mol. The fourth-order valence-corrected chi connectivity index (χ4v) is 4.26. The van der Waals surface area contributed by atoms with Crippen molar-refractivity contribution in [3.05, 3.63) is 30.3 Å². The van der Waals surface area contributed by atoms with Gasteiger partial charge in [-0.1, -0.05) is 18.2 Å². The molecule has 1 aliphatic carbocycles. The van der Waals surface area contributed by atoms with E-state index in [2.05, 4.69) is 9.80 Å². The number of para-hydroxylation sites is 1. The van der Waals surface area contributed by atoms with Crippen molar-refractivity contribution in [1.82, 2.24) is 14.7 Å². The largest absolute Gasteiger partial charge is 0.342 e. The summed E-state index contributed by atoms with van der Waals surface area (Å²) in [7, 11) is 1.93. The Kier molecular flexibility index (Phi) is 5.45. The molecule has 4 rings (SSSR count). The van der Waals surface area contributed by atoms with Crippen molar-refractivity contribution in [3.8, 4) is 0 Å². The van der Waals surface area contributed by atoms with E-state index >= 15 is 0 Å². The zero-order valence-electron chi connectivity index (χ0n) is 16.2. The zero-order chi connectivity index (χ0) is 18.8. The Morgan fingerprint density at radius 1 is 1.04 bits per heavy atom. The third-order valence-electron chi connectivity index (χ3n) is 6.17. The normalized spacial score (nSPS) is 24.9. The lowest BCUT2D eigenvalue weighted by atomic mass is 10.0. The van der Waals surface area contributed by atoms with Gasteiger partial charge in [0.05, 0.1) is 12.6 Å². The molecule has 0 spiro atoms. The number of piperazine rings is 1. The number of carbonyl (C=O) groups is 2. The molecule has 3 fully saturated rings. The van der Waals surface area contributed by atoms with Crippen molar-refractivity contribution in [3.63, 3.8) is 0 Å². The molecule has 3 aliphatic rings. The fraction of sp³-hybridized carbons (Fsp3) is 0.619. The van der Waals surface area contributed by atoms with E-state index in [1.807, 2.05) is 47.2 Å². The highest BCUT2D eigenvalue weighted by Gasteiger charge is 2.36. The van der Waals surface area contributed by atoms with Gasteiger partial charge in [0.15, 0.2) is 0 Å². The van der Waals surface area contributed by atoms with Crippen LogP contribution >= 0.6 is 0 Å². The SMILES string of the molecule is CN(C(=O)CN1CCN([C@H]2CCCN(c3ccccc3)C2=O)CC1)C1CC1. The Morgan fingerprint density at radius 3 is 2.41 bits per heavy atom. The highest BCUT2D eigenvalue weighted by Crippen LogP contribution is 2.26. The number of hydrogen-bond donors (Lipinski definition) is 0. The molecule has 2 amide bonds. The minimum Gasteiger partial charge on any atom is -0.342 e. The third-order valence-corrected chi connectivity index (χ3v) is 6.17. The lowest BCUT2D eigenvalue weighted by Crippen LogP contribution is -2.58. The number of likely N-dealkylation sites (N-methyl/N-ethyl adjacent to an activating group) is 1. The lowest BCUT2D eigenvalue weighted by molar-refractivity contribution is -0.133. The van der Waals surface area contributed by atoms with Gasteiger partial charge in [0, 0.05) is 51.5 Å². The maximum Gasteiger partial charge on any atom is 0.244 e. The van der Waals surface area contributed by atoms with Crippen molar-refractivity contribution >= 4 is 17.5 Å². The first-order valence-electron chi connectivity index (χ1n) is 10.2. The van der Waals surface area contributed by atoms with Crippen LogP contribution in [0.15, 0.2) is 30.3 Å². The smallest absolute Gasteiger partial charge is 0.244 e. The number of amides is 2. The Morgan fingerprint density at radius 2 is 1.74 bits per heavy atom. The molecule has 1 atom stereocenters. The molecule has 2 heterocycles. The molecule has 1 saturated carbocycles. The van der Waals surface area contributed by atoms with Gasteiger partial charge in [-0.05, 0) is 37.8 Å². The second-order valence-corrected chi connectivity index (χ2v) is 8.03. The van der Waals surface area contributed by atoms with Crippen LogP contribution in [0.2, 0.25) is 0 Å². The predicted molar refractivity (Wildman–Crippen MR) is 106 cm³/mol. The van der Waals surface area contributed by atoms with Crippen LogP contribution in [0.25, 0.3) is 0 Å². The van der Waals surface area contributed by atoms with Gasteiger partial charge >= 0.3 is 0 Å². The Balaban J connectivity index is 1.31. The summed E-state index contributed by atoms with van der Waals surface area (Å²) in [5.74, 6) is 0.459. The first-order chi connectivity index (χ1) is 13.1. The van der Waals surface area contributed by atoms with Gasteiger partial charge < -0.3 is 9.80 Å². The van der Waals surface area contributed by atoms with E-state index in [1.165, 1.54) is 0 Å². The standard InChI is InChI=1S/C21H30N4O2/c1-22(17-9-10-17)20(26)16-23-12-14-24(15-13-23)19-8-5-11-25(21(19)27)18-6-3-2-4-7-18/h2-4,6-7,17,19H,5,8-16H2,1H3/t19-/m0/s1. The summed E-state index contributed by atoms with van der Waals surface area (Å²) in [6.45, 7) is 4.76. The van der Waals surface area contributed by atoms with Crippen molar-refractivity contribution in [1.29, 1.82) is 0 Å². The topological polar surface area (TPSA) is 47.1 Å². The zero-order valence-corrected chi connectivity index (χ0v) is 16.2. The highest BCUT2D eigenvalue weighted by atomic mass is 16.2. The average Bonchev–Trinajstić information content (AvgIpc) is 3.54. The molecular formula is C21H30N4O2. The summed E-state index contributed by atoms with van der Waals surface area (Å²) >= 11 is 0. The highest BCUT2D eigenvalue weighted by molar-refractivity contribution is 5.97. The summed E-state index contributed by atoms with van der Waals surface area (Å²) in [6, 6.07) is 10.4. The van der Waals surface area contributed by atoms with Crippen molar-refractivity contribution < 1.29 is 9.59 Å². The number of rotatable bonds is 5. The van der Waals surface area contributed by atoms with Crippen LogP contribution < -0.4 is 4.90 Å². The van der Waals surface area contributed by atoms with Crippen molar-refractivity contribution in [2.24, 2.45) is 0 Å². The summed E-state index contributed by atoms with van der Waals surface area (Å²) in [4.78, 5) is 33.8. The van der Waals surface area contributed by atoms with E-state index in [0.717, 1.165) is 64.1 Å². The van der Waals surface area contributed by atoms with Crippen LogP contribution in [-0.2, 0) is 9.59 Å². The number of anilines is 1. The molecule has 1 aromatic rings. The Bertz CT molecular complexity index is 668. The molecule has 6 heteroatoms. The van der Waals surface area contributed by atoms with Crippen LogP contribution in [0.4, 0.5) is 5.69 Å². The van der Waals surface area contributed by atoms with Crippen molar-refractivity contribution in [2.75, 3.05) is 51.2 Å². The van der Waals surface area contributed by atoms with E-state index in [9.17, 15) is 9.59 Å². The number of benzene rings is 1. The van der Waals surface area contributed by atoms with Gasteiger partial charge in [0.25, 0.3) is 0 Å². The maximum absolute atomic E-state index is 13.1. The Hall–Kier alpha value is -1.92. The van der Waals surface area contributed by atoms with E-state index in [-0.39, 0.29) is 17.9 Å². The molecule has 2 aliphatic heterocycles. The van der Waals surface area contributed by atoms with Gasteiger partial charge in [0.1, 0.15) is 0 Å². The molecule has 2 saturated heterocycles. The lowest BCUT2D eigenvalue weighted by Gasteiger charge is -2.42. The first kappa shape index (κ1) is 18.4. The van der Waals surface area contributed by atoms with Crippen LogP contribution in [0.1, 0.15) is 25.7 Å². The molecule has 146 valence electrons. The molecule has 27 heavy (non-hydrogen) atoms. The minimum absolute atomic E-state index is 0.0223. The molecular weight excluding hydrogens is 340 g/mol. The van der Waals surface area contributed by atoms with Gasteiger partial charge in [0.2, 0.25) is 11.8 Å². The van der Waals surface area contributed by atoms with Gasteiger partial charge in [-0.3, -0.25) is 19.4 Å². The van der Waals surface area contributed by atoms with E-state index in [1.54, 1.807) is 0 Å². The second kappa shape index (κ2) is 7.98. The molecule has 0 N–H and O–H groups in total. The average molecular weight is 370 g/mol. The summed E-state index contributed by atoms with van der Waals surface area (Å²) < 4.78 is 0. The fourth-order valence-electron chi connectivity index (χ4n) is 4.26. The molecule has 6 nitrogen and oxygen atoms in total.